The first-order valence-electron chi connectivity index (χ1n) is 5.75. The Balaban J connectivity index is 2.41. The summed E-state index contributed by atoms with van der Waals surface area (Å²) in [4.78, 5) is 13.2. The molecule has 6 heteroatoms. The average Bonchev–Trinajstić information content (AvgIpc) is 2.84. The Hall–Kier alpha value is -1.56. The molecule has 2 aromatic heterocycles. The van der Waals surface area contributed by atoms with Gasteiger partial charge in [-0.05, 0) is 18.7 Å². The molecule has 2 rings (SSSR count). The van der Waals surface area contributed by atoms with Gasteiger partial charge in [-0.15, -0.1) is 0 Å². The van der Waals surface area contributed by atoms with Crippen molar-refractivity contribution in [2.45, 2.75) is 36.9 Å². The number of hydrogen-bond acceptors (Lipinski definition) is 6. The Kier molecular flexibility index (Phi) is 3.86. The first-order chi connectivity index (χ1) is 8.61. The van der Waals surface area contributed by atoms with Crippen LogP contribution in [0.1, 0.15) is 31.2 Å². The van der Waals surface area contributed by atoms with Gasteiger partial charge >= 0.3 is 0 Å². The summed E-state index contributed by atoms with van der Waals surface area (Å²) in [7, 11) is 1.86. The van der Waals surface area contributed by atoms with E-state index in [-0.39, 0.29) is 5.92 Å². The molecule has 96 valence electrons. The van der Waals surface area contributed by atoms with Gasteiger partial charge in [-0.1, -0.05) is 13.8 Å². The summed E-state index contributed by atoms with van der Waals surface area (Å²) < 4.78 is 5.24. The summed E-state index contributed by atoms with van der Waals surface area (Å²) in [6, 6.07) is 0. The Labute approximate surface area is 110 Å². The third kappa shape index (κ3) is 2.64. The highest BCUT2D eigenvalue weighted by atomic mass is 32.2. The van der Waals surface area contributed by atoms with Gasteiger partial charge in [-0.25, -0.2) is 15.0 Å². The van der Waals surface area contributed by atoms with Crippen LogP contribution in [-0.4, -0.2) is 22.0 Å². The molecule has 0 unspecified atom stereocenters. The maximum atomic E-state index is 5.24. The topological polar surface area (TPSA) is 63.8 Å². The summed E-state index contributed by atoms with van der Waals surface area (Å²) in [6.45, 7) is 6.13. The van der Waals surface area contributed by atoms with Crippen LogP contribution in [0.5, 0.6) is 0 Å². The summed E-state index contributed by atoms with van der Waals surface area (Å²) >= 11 is 1.41. The molecule has 0 amide bonds. The van der Waals surface area contributed by atoms with Crippen LogP contribution in [-0.2, 0) is 0 Å². The Morgan fingerprint density at radius 2 is 2.11 bits per heavy atom. The van der Waals surface area contributed by atoms with Crippen molar-refractivity contribution < 1.29 is 4.42 Å². The third-order valence-electron chi connectivity index (χ3n) is 2.47. The SMILES string of the molecule is CNc1nc(C(C)C)nc(Sc2ncco2)c1C. The van der Waals surface area contributed by atoms with Crippen LogP contribution >= 0.6 is 11.8 Å². The molecule has 0 saturated carbocycles. The predicted octanol–water partition coefficient (Wildman–Crippen LogP) is 3.09. The smallest absolute Gasteiger partial charge is 0.261 e. The van der Waals surface area contributed by atoms with Crippen LogP contribution in [0.4, 0.5) is 5.82 Å². The lowest BCUT2D eigenvalue weighted by molar-refractivity contribution is 0.453. The van der Waals surface area contributed by atoms with E-state index in [1.165, 1.54) is 11.8 Å². The van der Waals surface area contributed by atoms with Gasteiger partial charge in [0.15, 0.2) is 0 Å². The average molecular weight is 264 g/mol. The van der Waals surface area contributed by atoms with Crippen LogP contribution in [0, 0.1) is 6.92 Å². The van der Waals surface area contributed by atoms with Gasteiger partial charge in [-0.3, -0.25) is 0 Å². The highest BCUT2D eigenvalue weighted by molar-refractivity contribution is 7.99. The van der Waals surface area contributed by atoms with Gasteiger partial charge in [0.05, 0.1) is 6.20 Å². The molecule has 0 bridgehead atoms. The molecule has 0 atom stereocenters. The van der Waals surface area contributed by atoms with Gasteiger partial charge in [-0.2, -0.15) is 0 Å². The molecule has 18 heavy (non-hydrogen) atoms. The molecule has 0 saturated heterocycles. The molecule has 0 fully saturated rings. The second-order valence-corrected chi connectivity index (χ2v) is 5.11. The number of anilines is 1. The summed E-state index contributed by atoms with van der Waals surface area (Å²) in [5.74, 6) is 1.95. The van der Waals surface area contributed by atoms with E-state index < -0.39 is 0 Å². The van der Waals surface area contributed by atoms with Gasteiger partial charge in [0.2, 0.25) is 0 Å². The van der Waals surface area contributed by atoms with Crippen LogP contribution in [0.2, 0.25) is 0 Å². The second kappa shape index (κ2) is 5.39. The molecule has 2 aromatic rings. The third-order valence-corrected chi connectivity index (χ3v) is 3.43. The lowest BCUT2D eigenvalue weighted by Crippen LogP contribution is -2.06. The fourth-order valence-electron chi connectivity index (χ4n) is 1.46. The monoisotopic (exact) mass is 264 g/mol. The van der Waals surface area contributed by atoms with Crippen LogP contribution in [0.25, 0.3) is 0 Å². The van der Waals surface area contributed by atoms with E-state index in [9.17, 15) is 0 Å². The van der Waals surface area contributed by atoms with Crippen molar-refractivity contribution >= 4 is 17.6 Å². The van der Waals surface area contributed by atoms with E-state index in [2.05, 4.69) is 34.1 Å². The number of hydrogen-bond donors (Lipinski definition) is 1. The largest absolute Gasteiger partial charge is 0.440 e. The molecular weight excluding hydrogens is 248 g/mol. The number of nitrogens with zero attached hydrogens (tertiary/aromatic N) is 3. The summed E-state index contributed by atoms with van der Waals surface area (Å²) in [5, 5.41) is 4.56. The molecule has 0 aliphatic rings. The number of nitrogens with one attached hydrogen (secondary N) is 1. The normalized spacial score (nSPS) is 10.9. The molecule has 5 nitrogen and oxygen atoms in total. The van der Waals surface area contributed by atoms with Gasteiger partial charge < -0.3 is 9.73 Å². The van der Waals surface area contributed by atoms with Crippen LogP contribution in [0.15, 0.2) is 27.1 Å². The first kappa shape index (κ1) is 12.9. The molecule has 0 aromatic carbocycles. The lowest BCUT2D eigenvalue weighted by atomic mass is 10.2. The van der Waals surface area contributed by atoms with Gasteiger partial charge in [0.1, 0.15) is 22.9 Å². The number of rotatable bonds is 4. The second-order valence-electron chi connectivity index (χ2n) is 4.17. The van der Waals surface area contributed by atoms with E-state index in [1.807, 2.05) is 14.0 Å². The standard InChI is InChI=1S/C12H16N4OS/c1-7(2)9-15-10(13-4)8(3)11(16-9)18-12-14-5-6-17-12/h5-7H,1-4H3,(H,13,15,16). The first-order valence-corrected chi connectivity index (χ1v) is 6.57. The van der Waals surface area contributed by atoms with Crippen LogP contribution in [0.3, 0.4) is 0 Å². The van der Waals surface area contributed by atoms with Crippen molar-refractivity contribution in [2.75, 3.05) is 12.4 Å². The van der Waals surface area contributed by atoms with Crippen molar-refractivity contribution in [1.29, 1.82) is 0 Å². The van der Waals surface area contributed by atoms with Crippen LogP contribution < -0.4 is 5.32 Å². The maximum Gasteiger partial charge on any atom is 0.261 e. The molecule has 0 aliphatic heterocycles. The van der Waals surface area contributed by atoms with Crippen molar-refractivity contribution in [1.82, 2.24) is 15.0 Å². The fraction of sp³-hybridized carbons (Fsp3) is 0.417. The molecule has 0 spiro atoms. The summed E-state index contributed by atoms with van der Waals surface area (Å²) in [6.07, 6.45) is 3.18. The lowest BCUT2D eigenvalue weighted by Gasteiger charge is -2.12. The number of oxazole rings is 1. The highest BCUT2D eigenvalue weighted by Crippen LogP contribution is 2.31. The molecule has 0 radical (unpaired) electrons. The highest BCUT2D eigenvalue weighted by Gasteiger charge is 2.14. The van der Waals surface area contributed by atoms with Crippen molar-refractivity contribution in [3.63, 3.8) is 0 Å². The Morgan fingerprint density at radius 3 is 2.67 bits per heavy atom. The predicted molar refractivity (Wildman–Crippen MR) is 71.0 cm³/mol. The van der Waals surface area contributed by atoms with E-state index in [0.717, 1.165) is 22.2 Å². The molecule has 0 aliphatic carbocycles. The van der Waals surface area contributed by atoms with Crippen molar-refractivity contribution in [3.8, 4) is 0 Å². The van der Waals surface area contributed by atoms with E-state index in [0.29, 0.717) is 5.22 Å². The quantitative estimate of drug-likeness (QED) is 0.856. The van der Waals surface area contributed by atoms with Crippen molar-refractivity contribution in [2.24, 2.45) is 0 Å². The molecular formula is C12H16N4OS. The van der Waals surface area contributed by atoms with E-state index in [4.69, 9.17) is 4.42 Å². The van der Waals surface area contributed by atoms with Gasteiger partial charge in [0, 0.05) is 18.5 Å². The number of aromatic nitrogens is 3. The van der Waals surface area contributed by atoms with E-state index >= 15 is 0 Å². The van der Waals surface area contributed by atoms with Gasteiger partial charge in [0.25, 0.3) is 5.22 Å². The zero-order valence-electron chi connectivity index (χ0n) is 10.9. The minimum Gasteiger partial charge on any atom is -0.440 e. The Morgan fingerprint density at radius 1 is 1.33 bits per heavy atom. The zero-order valence-corrected chi connectivity index (χ0v) is 11.7. The van der Waals surface area contributed by atoms with Crippen molar-refractivity contribution in [3.05, 3.63) is 23.8 Å². The Bertz CT molecular complexity index is 525. The molecule has 2 heterocycles. The zero-order chi connectivity index (χ0) is 13.1. The molecule has 1 N–H and O–H groups in total. The minimum atomic E-state index is 0.279. The maximum absolute atomic E-state index is 5.24. The summed E-state index contributed by atoms with van der Waals surface area (Å²) in [5.41, 5.74) is 1.00. The minimum absolute atomic E-state index is 0.279. The van der Waals surface area contributed by atoms with E-state index in [1.54, 1.807) is 12.5 Å². The fourth-order valence-corrected chi connectivity index (χ4v) is 2.23.